The predicted octanol–water partition coefficient (Wildman–Crippen LogP) is 0.815. The molecule has 1 rings (SSSR count). The summed E-state index contributed by atoms with van der Waals surface area (Å²) in [7, 11) is 3.56. The van der Waals surface area contributed by atoms with Gasteiger partial charge in [0.05, 0.1) is 0 Å². The average Bonchev–Trinajstić information content (AvgIpc) is 2.65. The van der Waals surface area contributed by atoms with Crippen LogP contribution in [0.4, 0.5) is 0 Å². The number of amides is 1. The third-order valence-corrected chi connectivity index (χ3v) is 2.35. The molecule has 0 aromatic carbocycles. The standard InChI is InChI=1S/C11H19N3O/c1-13(2)11(15)4-3-6-14-7-5-10(8-12)9-14/h5,7,9H,3-4,6,8,12H2,1-2H3. The number of carbonyl (C=O) groups is 1. The lowest BCUT2D eigenvalue weighted by atomic mass is 10.3. The number of rotatable bonds is 5. The Kier molecular flexibility index (Phi) is 4.37. The van der Waals surface area contributed by atoms with Crippen molar-refractivity contribution >= 4 is 5.91 Å². The van der Waals surface area contributed by atoms with Crippen molar-refractivity contribution in [2.45, 2.75) is 25.9 Å². The van der Waals surface area contributed by atoms with E-state index < -0.39 is 0 Å². The second-order valence-electron chi connectivity index (χ2n) is 3.85. The highest BCUT2D eigenvalue weighted by molar-refractivity contribution is 5.75. The molecule has 0 radical (unpaired) electrons. The van der Waals surface area contributed by atoms with E-state index in [1.807, 2.05) is 18.5 Å². The molecule has 0 aliphatic rings. The second kappa shape index (κ2) is 5.56. The van der Waals surface area contributed by atoms with E-state index in [1.54, 1.807) is 19.0 Å². The number of nitrogens with zero attached hydrogens (tertiary/aromatic N) is 2. The third-order valence-electron chi connectivity index (χ3n) is 2.35. The van der Waals surface area contributed by atoms with Crippen LogP contribution in [0, 0.1) is 0 Å². The largest absolute Gasteiger partial charge is 0.354 e. The van der Waals surface area contributed by atoms with E-state index in [-0.39, 0.29) is 5.91 Å². The molecule has 1 amide bonds. The third kappa shape index (κ3) is 3.75. The molecule has 0 saturated carbocycles. The summed E-state index contributed by atoms with van der Waals surface area (Å²) in [5, 5.41) is 0. The van der Waals surface area contributed by atoms with Crippen molar-refractivity contribution in [1.29, 1.82) is 0 Å². The number of hydrogen-bond acceptors (Lipinski definition) is 2. The normalized spacial score (nSPS) is 10.3. The van der Waals surface area contributed by atoms with Gasteiger partial charge in [0.2, 0.25) is 5.91 Å². The van der Waals surface area contributed by atoms with Crippen LogP contribution in [0.2, 0.25) is 0 Å². The summed E-state index contributed by atoms with van der Waals surface area (Å²) in [5.74, 6) is 0.182. The molecule has 4 heteroatoms. The van der Waals surface area contributed by atoms with Gasteiger partial charge in [-0.3, -0.25) is 4.79 Å². The molecule has 0 spiro atoms. The Bertz CT molecular complexity index is 317. The number of aryl methyl sites for hydroxylation is 1. The lowest BCUT2D eigenvalue weighted by Crippen LogP contribution is -2.21. The Morgan fingerprint density at radius 2 is 2.27 bits per heavy atom. The van der Waals surface area contributed by atoms with E-state index in [9.17, 15) is 4.79 Å². The van der Waals surface area contributed by atoms with Crippen LogP contribution in [0.3, 0.4) is 0 Å². The van der Waals surface area contributed by atoms with Gasteiger partial charge in [0.15, 0.2) is 0 Å². The summed E-state index contributed by atoms with van der Waals surface area (Å²) in [4.78, 5) is 12.9. The van der Waals surface area contributed by atoms with Crippen molar-refractivity contribution in [1.82, 2.24) is 9.47 Å². The molecule has 1 heterocycles. The van der Waals surface area contributed by atoms with E-state index in [1.165, 1.54) is 0 Å². The molecule has 2 N–H and O–H groups in total. The van der Waals surface area contributed by atoms with E-state index >= 15 is 0 Å². The summed E-state index contributed by atoms with van der Waals surface area (Å²) in [5.41, 5.74) is 6.64. The first-order valence-electron chi connectivity index (χ1n) is 5.18. The van der Waals surface area contributed by atoms with Crippen molar-refractivity contribution < 1.29 is 4.79 Å². The Morgan fingerprint density at radius 1 is 1.53 bits per heavy atom. The molecule has 0 fully saturated rings. The molecule has 0 atom stereocenters. The minimum Gasteiger partial charge on any atom is -0.354 e. The second-order valence-corrected chi connectivity index (χ2v) is 3.85. The fourth-order valence-corrected chi connectivity index (χ4v) is 1.39. The maximum atomic E-state index is 11.3. The summed E-state index contributed by atoms with van der Waals surface area (Å²) >= 11 is 0. The van der Waals surface area contributed by atoms with Crippen LogP contribution in [0.25, 0.3) is 0 Å². The predicted molar refractivity (Wildman–Crippen MR) is 60.3 cm³/mol. The highest BCUT2D eigenvalue weighted by Gasteiger charge is 2.03. The van der Waals surface area contributed by atoms with Gasteiger partial charge in [0.25, 0.3) is 0 Å². The van der Waals surface area contributed by atoms with Crippen LogP contribution in [-0.2, 0) is 17.9 Å². The van der Waals surface area contributed by atoms with Gasteiger partial charge in [-0.25, -0.2) is 0 Å². The Labute approximate surface area is 90.7 Å². The topological polar surface area (TPSA) is 51.3 Å². The van der Waals surface area contributed by atoms with Gasteiger partial charge in [0, 0.05) is 46.0 Å². The first-order valence-corrected chi connectivity index (χ1v) is 5.18. The van der Waals surface area contributed by atoms with Crippen molar-refractivity contribution in [2.24, 2.45) is 5.73 Å². The molecule has 1 aromatic heterocycles. The molecule has 1 aromatic rings. The van der Waals surface area contributed by atoms with E-state index in [2.05, 4.69) is 4.57 Å². The SMILES string of the molecule is CN(C)C(=O)CCCn1ccc(CN)c1. The van der Waals surface area contributed by atoms with Gasteiger partial charge < -0.3 is 15.2 Å². The monoisotopic (exact) mass is 209 g/mol. The first kappa shape index (κ1) is 11.8. The van der Waals surface area contributed by atoms with E-state index in [4.69, 9.17) is 5.73 Å². The Balaban J connectivity index is 2.28. The van der Waals surface area contributed by atoms with Crippen LogP contribution in [-0.4, -0.2) is 29.5 Å². The van der Waals surface area contributed by atoms with Crippen molar-refractivity contribution in [2.75, 3.05) is 14.1 Å². The van der Waals surface area contributed by atoms with Gasteiger partial charge in [-0.05, 0) is 18.1 Å². The fraction of sp³-hybridized carbons (Fsp3) is 0.545. The van der Waals surface area contributed by atoms with E-state index in [0.717, 1.165) is 18.5 Å². The lowest BCUT2D eigenvalue weighted by Gasteiger charge is -2.09. The molecule has 4 nitrogen and oxygen atoms in total. The van der Waals surface area contributed by atoms with Crippen LogP contribution in [0.1, 0.15) is 18.4 Å². The zero-order valence-electron chi connectivity index (χ0n) is 9.44. The van der Waals surface area contributed by atoms with Gasteiger partial charge >= 0.3 is 0 Å². The van der Waals surface area contributed by atoms with Gasteiger partial charge in [-0.15, -0.1) is 0 Å². The molecule has 0 unspecified atom stereocenters. The minimum absolute atomic E-state index is 0.182. The molecule has 84 valence electrons. The summed E-state index contributed by atoms with van der Waals surface area (Å²) < 4.78 is 2.07. The highest BCUT2D eigenvalue weighted by atomic mass is 16.2. The van der Waals surface area contributed by atoms with Crippen molar-refractivity contribution in [3.8, 4) is 0 Å². The highest BCUT2D eigenvalue weighted by Crippen LogP contribution is 2.03. The molecule has 0 aliphatic heterocycles. The summed E-state index contributed by atoms with van der Waals surface area (Å²) in [6.07, 6.45) is 5.50. The lowest BCUT2D eigenvalue weighted by molar-refractivity contribution is -0.128. The fourth-order valence-electron chi connectivity index (χ4n) is 1.39. The van der Waals surface area contributed by atoms with Crippen LogP contribution >= 0.6 is 0 Å². The number of carbonyl (C=O) groups excluding carboxylic acids is 1. The molecular formula is C11H19N3O. The molecule has 0 bridgehead atoms. The molecule has 0 aliphatic carbocycles. The molecular weight excluding hydrogens is 190 g/mol. The van der Waals surface area contributed by atoms with Crippen LogP contribution in [0.15, 0.2) is 18.5 Å². The van der Waals surface area contributed by atoms with Crippen molar-refractivity contribution in [3.05, 3.63) is 24.0 Å². The number of nitrogens with two attached hydrogens (primary N) is 1. The van der Waals surface area contributed by atoms with Gasteiger partial charge in [0.1, 0.15) is 0 Å². The minimum atomic E-state index is 0.182. The zero-order chi connectivity index (χ0) is 11.3. The number of hydrogen-bond donors (Lipinski definition) is 1. The summed E-state index contributed by atoms with van der Waals surface area (Å²) in [6.45, 7) is 1.45. The first-order chi connectivity index (χ1) is 7.13. The Morgan fingerprint density at radius 3 is 2.80 bits per heavy atom. The molecule has 0 saturated heterocycles. The van der Waals surface area contributed by atoms with Crippen LogP contribution in [0.5, 0.6) is 0 Å². The van der Waals surface area contributed by atoms with Crippen LogP contribution < -0.4 is 5.73 Å². The Hall–Kier alpha value is -1.29. The average molecular weight is 209 g/mol. The number of aromatic nitrogens is 1. The zero-order valence-corrected chi connectivity index (χ0v) is 9.44. The molecule has 15 heavy (non-hydrogen) atoms. The maximum Gasteiger partial charge on any atom is 0.222 e. The smallest absolute Gasteiger partial charge is 0.222 e. The van der Waals surface area contributed by atoms with Crippen molar-refractivity contribution in [3.63, 3.8) is 0 Å². The van der Waals surface area contributed by atoms with Gasteiger partial charge in [-0.1, -0.05) is 0 Å². The maximum absolute atomic E-state index is 11.3. The van der Waals surface area contributed by atoms with E-state index in [0.29, 0.717) is 13.0 Å². The quantitative estimate of drug-likeness (QED) is 0.780. The summed E-state index contributed by atoms with van der Waals surface area (Å²) in [6, 6.07) is 2.01. The van der Waals surface area contributed by atoms with Gasteiger partial charge in [-0.2, -0.15) is 0 Å².